The van der Waals surface area contributed by atoms with Crippen LogP contribution in [-0.2, 0) is 6.42 Å². The lowest BCUT2D eigenvalue weighted by Crippen LogP contribution is -1.99. The fourth-order valence-corrected chi connectivity index (χ4v) is 2.17. The number of unbranched alkanes of at least 4 members (excludes halogenated alkanes) is 1. The molecule has 1 aromatic heterocycles. The Labute approximate surface area is 121 Å². The van der Waals surface area contributed by atoms with Gasteiger partial charge in [0, 0.05) is 5.39 Å². The third-order valence-electron chi connectivity index (χ3n) is 2.90. The van der Waals surface area contributed by atoms with Crippen LogP contribution in [0.5, 0.6) is 0 Å². The van der Waals surface area contributed by atoms with Gasteiger partial charge >= 0.3 is 0 Å². The molecular weight excluding hydrogens is 256 g/mol. The number of aromatic nitrogens is 1. The van der Waals surface area contributed by atoms with Crippen LogP contribution in [0.3, 0.4) is 0 Å². The summed E-state index contributed by atoms with van der Waals surface area (Å²) in [6.45, 7) is 6.79. The number of rotatable bonds is 4. The van der Waals surface area contributed by atoms with Crippen LogP contribution in [0.1, 0.15) is 37.8 Å². The van der Waals surface area contributed by atoms with Crippen LogP contribution in [0.2, 0.25) is 5.15 Å². The molecule has 0 aliphatic rings. The van der Waals surface area contributed by atoms with Crippen molar-refractivity contribution in [3.63, 3.8) is 0 Å². The van der Waals surface area contributed by atoms with E-state index in [0.717, 1.165) is 42.3 Å². The summed E-state index contributed by atoms with van der Waals surface area (Å²) >= 11 is 6.19. The predicted molar refractivity (Wildman–Crippen MR) is 84.8 cm³/mol. The lowest BCUT2D eigenvalue weighted by Gasteiger charge is -2.06. The first-order valence-corrected chi connectivity index (χ1v) is 7.34. The highest BCUT2D eigenvalue weighted by Crippen LogP contribution is 2.22. The maximum absolute atomic E-state index is 6.19. The van der Waals surface area contributed by atoms with Crippen LogP contribution in [0, 0.1) is 6.92 Å². The van der Waals surface area contributed by atoms with Gasteiger partial charge in [-0.2, -0.15) is 0 Å². The van der Waals surface area contributed by atoms with E-state index in [1.807, 2.05) is 13.8 Å². The number of aryl methyl sites for hydroxylation is 2. The molecule has 2 nitrogen and oxygen atoms in total. The minimum atomic E-state index is 0.625. The highest BCUT2D eigenvalue weighted by molar-refractivity contribution is 6.30. The predicted octanol–water partition coefficient (Wildman–Crippen LogP) is 4.50. The number of fused-ring (bicyclic) bond motifs is 1. The Morgan fingerprint density at radius 1 is 1.16 bits per heavy atom. The van der Waals surface area contributed by atoms with Gasteiger partial charge in [-0.05, 0) is 56.0 Å². The Bertz CT molecular complexity index is 523. The molecule has 1 heterocycles. The number of benzene rings is 1. The van der Waals surface area contributed by atoms with Crippen molar-refractivity contribution < 1.29 is 0 Å². The van der Waals surface area contributed by atoms with Crippen LogP contribution in [0.4, 0.5) is 0 Å². The summed E-state index contributed by atoms with van der Waals surface area (Å²) in [5.74, 6) is 0. The van der Waals surface area contributed by atoms with Gasteiger partial charge in [-0.3, -0.25) is 0 Å². The van der Waals surface area contributed by atoms with Crippen molar-refractivity contribution in [1.29, 1.82) is 0 Å². The molecule has 19 heavy (non-hydrogen) atoms. The molecule has 0 spiro atoms. The zero-order valence-electron chi connectivity index (χ0n) is 12.0. The zero-order valence-corrected chi connectivity index (χ0v) is 12.8. The SMILES string of the molecule is CC.Cc1ccc2cc(CCCCN)c(Cl)nc2c1. The fraction of sp³-hybridized carbons (Fsp3) is 0.438. The highest BCUT2D eigenvalue weighted by Gasteiger charge is 2.04. The van der Waals surface area contributed by atoms with E-state index >= 15 is 0 Å². The molecule has 0 saturated heterocycles. The Hall–Kier alpha value is -1.12. The summed E-state index contributed by atoms with van der Waals surface area (Å²) in [6.07, 6.45) is 3.05. The average molecular weight is 279 g/mol. The molecule has 0 fully saturated rings. The molecule has 2 N–H and O–H groups in total. The Morgan fingerprint density at radius 3 is 2.58 bits per heavy atom. The number of halogens is 1. The smallest absolute Gasteiger partial charge is 0.132 e. The molecule has 3 heteroatoms. The van der Waals surface area contributed by atoms with E-state index in [2.05, 4.69) is 36.2 Å². The normalized spacial score (nSPS) is 10.2. The minimum Gasteiger partial charge on any atom is -0.330 e. The molecule has 104 valence electrons. The molecule has 1 aromatic carbocycles. The molecule has 0 radical (unpaired) electrons. The maximum Gasteiger partial charge on any atom is 0.132 e. The van der Waals surface area contributed by atoms with Crippen molar-refractivity contribution in [3.05, 3.63) is 40.5 Å². The summed E-state index contributed by atoms with van der Waals surface area (Å²) in [7, 11) is 0. The van der Waals surface area contributed by atoms with E-state index in [4.69, 9.17) is 17.3 Å². The first-order chi connectivity index (χ1) is 9.20. The first-order valence-electron chi connectivity index (χ1n) is 6.96. The largest absolute Gasteiger partial charge is 0.330 e. The van der Waals surface area contributed by atoms with Gasteiger partial charge in [0.2, 0.25) is 0 Å². The van der Waals surface area contributed by atoms with Gasteiger partial charge < -0.3 is 5.73 Å². The van der Waals surface area contributed by atoms with Gasteiger partial charge in [-0.25, -0.2) is 4.98 Å². The third kappa shape index (κ3) is 4.48. The molecule has 0 saturated carbocycles. The van der Waals surface area contributed by atoms with Gasteiger partial charge in [-0.1, -0.05) is 37.6 Å². The third-order valence-corrected chi connectivity index (χ3v) is 3.23. The molecule has 0 atom stereocenters. The average Bonchev–Trinajstić information content (AvgIpc) is 2.42. The summed E-state index contributed by atoms with van der Waals surface area (Å²) in [5, 5.41) is 1.78. The Kier molecular flexibility index (Phi) is 6.82. The molecular formula is C16H23ClN2. The van der Waals surface area contributed by atoms with Crippen molar-refractivity contribution in [2.75, 3.05) is 6.54 Å². The van der Waals surface area contributed by atoms with E-state index in [0.29, 0.717) is 5.15 Å². The van der Waals surface area contributed by atoms with Crippen LogP contribution in [-0.4, -0.2) is 11.5 Å². The van der Waals surface area contributed by atoms with E-state index in [1.165, 1.54) is 5.56 Å². The molecule has 0 bridgehead atoms. The van der Waals surface area contributed by atoms with E-state index in [-0.39, 0.29) is 0 Å². The van der Waals surface area contributed by atoms with Crippen molar-refractivity contribution >= 4 is 22.5 Å². The van der Waals surface area contributed by atoms with Gasteiger partial charge in [-0.15, -0.1) is 0 Å². The minimum absolute atomic E-state index is 0.625. The van der Waals surface area contributed by atoms with Crippen molar-refractivity contribution in [2.45, 2.75) is 40.0 Å². The van der Waals surface area contributed by atoms with Crippen molar-refractivity contribution in [3.8, 4) is 0 Å². The summed E-state index contributed by atoms with van der Waals surface area (Å²) in [6, 6.07) is 8.40. The quantitative estimate of drug-likeness (QED) is 0.660. The number of nitrogens with two attached hydrogens (primary N) is 1. The molecule has 0 aliphatic carbocycles. The van der Waals surface area contributed by atoms with Gasteiger partial charge in [0.1, 0.15) is 5.15 Å². The zero-order chi connectivity index (χ0) is 14.3. The second-order valence-electron chi connectivity index (χ2n) is 4.38. The summed E-state index contributed by atoms with van der Waals surface area (Å²) in [5.41, 5.74) is 8.79. The number of hydrogen-bond acceptors (Lipinski definition) is 2. The number of pyridine rings is 1. The molecule has 0 aliphatic heterocycles. The lowest BCUT2D eigenvalue weighted by atomic mass is 10.1. The number of hydrogen-bond donors (Lipinski definition) is 1. The summed E-state index contributed by atoms with van der Waals surface area (Å²) < 4.78 is 0. The molecule has 2 rings (SSSR count). The molecule has 0 amide bonds. The van der Waals surface area contributed by atoms with Crippen LogP contribution in [0.25, 0.3) is 10.9 Å². The maximum atomic E-state index is 6.19. The fourth-order valence-electron chi connectivity index (χ4n) is 1.93. The Balaban J connectivity index is 0.000000861. The van der Waals surface area contributed by atoms with Gasteiger partial charge in [0.25, 0.3) is 0 Å². The first kappa shape index (κ1) is 15.9. The lowest BCUT2D eigenvalue weighted by molar-refractivity contribution is 0.744. The highest BCUT2D eigenvalue weighted by atomic mass is 35.5. The molecule has 2 aromatic rings. The monoisotopic (exact) mass is 278 g/mol. The Morgan fingerprint density at radius 2 is 1.89 bits per heavy atom. The van der Waals surface area contributed by atoms with E-state index < -0.39 is 0 Å². The summed E-state index contributed by atoms with van der Waals surface area (Å²) in [4.78, 5) is 4.45. The molecule has 0 unspecified atom stereocenters. The van der Waals surface area contributed by atoms with Crippen LogP contribution < -0.4 is 5.73 Å². The van der Waals surface area contributed by atoms with Gasteiger partial charge in [0.05, 0.1) is 5.52 Å². The topological polar surface area (TPSA) is 38.9 Å². The second-order valence-corrected chi connectivity index (χ2v) is 4.74. The van der Waals surface area contributed by atoms with Gasteiger partial charge in [0.15, 0.2) is 0 Å². The van der Waals surface area contributed by atoms with Crippen LogP contribution >= 0.6 is 11.6 Å². The van der Waals surface area contributed by atoms with Crippen molar-refractivity contribution in [1.82, 2.24) is 4.98 Å². The second kappa shape index (κ2) is 8.13. The standard InChI is InChI=1S/C14H17ClN2.C2H6/c1-10-5-6-11-9-12(4-2-3-7-16)14(15)17-13(11)8-10;1-2/h5-6,8-9H,2-4,7,16H2,1H3;1-2H3. The van der Waals surface area contributed by atoms with E-state index in [9.17, 15) is 0 Å². The van der Waals surface area contributed by atoms with E-state index in [1.54, 1.807) is 0 Å². The van der Waals surface area contributed by atoms with Crippen molar-refractivity contribution in [2.24, 2.45) is 5.73 Å². The number of nitrogens with zero attached hydrogens (tertiary/aromatic N) is 1. The van der Waals surface area contributed by atoms with Crippen LogP contribution in [0.15, 0.2) is 24.3 Å².